The lowest BCUT2D eigenvalue weighted by atomic mass is 10.1. The molecule has 0 radical (unpaired) electrons. The van der Waals surface area contributed by atoms with Crippen LogP contribution >= 0.6 is 15.9 Å². The second-order valence-electron chi connectivity index (χ2n) is 6.78. The Balaban J connectivity index is 1.57. The molecule has 2 amide bonds. The highest BCUT2D eigenvalue weighted by Crippen LogP contribution is 2.22. The number of esters is 1. The smallest absolute Gasteiger partial charge is 0.343 e. The van der Waals surface area contributed by atoms with Crippen LogP contribution in [-0.4, -0.2) is 30.5 Å². The van der Waals surface area contributed by atoms with Crippen LogP contribution in [0.15, 0.2) is 82.4 Å². The van der Waals surface area contributed by atoms with Crippen LogP contribution in [0.25, 0.3) is 0 Å². The molecule has 8 heteroatoms. The van der Waals surface area contributed by atoms with Crippen molar-refractivity contribution >= 4 is 39.9 Å². The molecule has 7 nitrogen and oxygen atoms in total. The maximum Gasteiger partial charge on any atom is 0.343 e. The zero-order chi connectivity index (χ0) is 22.9. The highest BCUT2D eigenvalue weighted by Gasteiger charge is 2.11. The minimum Gasteiger partial charge on any atom is -0.422 e. The van der Waals surface area contributed by atoms with Gasteiger partial charge in [0.05, 0.1) is 18.3 Å². The molecule has 0 aliphatic rings. The first kappa shape index (κ1) is 22.9. The van der Waals surface area contributed by atoms with Crippen LogP contribution in [0.5, 0.6) is 5.75 Å². The molecule has 0 spiro atoms. The van der Waals surface area contributed by atoms with Crippen molar-refractivity contribution < 1.29 is 19.1 Å². The zero-order valence-corrected chi connectivity index (χ0v) is 18.8. The van der Waals surface area contributed by atoms with Crippen LogP contribution in [-0.2, 0) is 4.79 Å². The van der Waals surface area contributed by atoms with Crippen molar-refractivity contribution in [2.24, 2.45) is 5.10 Å². The summed E-state index contributed by atoms with van der Waals surface area (Å²) in [5.41, 5.74) is 4.73. The Bertz CT molecular complexity index is 1150. The third kappa shape index (κ3) is 6.61. The summed E-state index contributed by atoms with van der Waals surface area (Å²) in [6, 6.07) is 20.7. The minimum absolute atomic E-state index is 0.238. The van der Waals surface area contributed by atoms with Gasteiger partial charge in [-0.3, -0.25) is 9.59 Å². The fraction of sp³-hybridized carbons (Fsp3) is 0.0833. The number of aryl methyl sites for hydroxylation is 1. The van der Waals surface area contributed by atoms with Crippen LogP contribution in [0.1, 0.15) is 31.8 Å². The molecule has 0 fully saturated rings. The van der Waals surface area contributed by atoms with E-state index in [4.69, 9.17) is 4.74 Å². The predicted molar refractivity (Wildman–Crippen MR) is 125 cm³/mol. The highest BCUT2D eigenvalue weighted by atomic mass is 79.9. The van der Waals surface area contributed by atoms with Crippen molar-refractivity contribution in [2.75, 3.05) is 6.54 Å². The number of ether oxygens (including phenoxy) is 1. The number of hydrazone groups is 1. The molecule has 3 rings (SSSR count). The molecule has 32 heavy (non-hydrogen) atoms. The molecule has 0 aromatic heterocycles. The second-order valence-corrected chi connectivity index (χ2v) is 7.70. The average molecular weight is 494 g/mol. The van der Waals surface area contributed by atoms with Gasteiger partial charge in [0.15, 0.2) is 0 Å². The summed E-state index contributed by atoms with van der Waals surface area (Å²) in [7, 11) is 0. The van der Waals surface area contributed by atoms with Crippen LogP contribution in [0.4, 0.5) is 0 Å². The lowest BCUT2D eigenvalue weighted by Crippen LogP contribution is -2.34. The lowest BCUT2D eigenvalue weighted by Gasteiger charge is -2.08. The van der Waals surface area contributed by atoms with E-state index in [9.17, 15) is 14.4 Å². The van der Waals surface area contributed by atoms with Gasteiger partial charge in [0, 0.05) is 15.6 Å². The molecule has 3 aromatic carbocycles. The van der Waals surface area contributed by atoms with E-state index in [1.165, 1.54) is 6.21 Å². The Hall–Kier alpha value is -3.78. The maximum absolute atomic E-state index is 12.3. The molecule has 3 aromatic rings. The third-order valence-electron chi connectivity index (χ3n) is 4.30. The van der Waals surface area contributed by atoms with Crippen LogP contribution in [0.2, 0.25) is 0 Å². The number of nitrogens with zero attached hydrogens (tertiary/aromatic N) is 1. The van der Waals surface area contributed by atoms with Gasteiger partial charge in [0.1, 0.15) is 5.75 Å². The average Bonchev–Trinajstić information content (AvgIpc) is 2.80. The maximum atomic E-state index is 12.3. The number of carbonyl (C=O) groups excluding carboxylic acids is 3. The van der Waals surface area contributed by atoms with E-state index >= 15 is 0 Å². The van der Waals surface area contributed by atoms with Gasteiger partial charge in [-0.2, -0.15) is 5.10 Å². The van der Waals surface area contributed by atoms with Crippen molar-refractivity contribution in [1.29, 1.82) is 0 Å². The molecule has 0 atom stereocenters. The van der Waals surface area contributed by atoms with E-state index in [1.807, 2.05) is 19.1 Å². The van der Waals surface area contributed by atoms with Crippen LogP contribution in [0.3, 0.4) is 0 Å². The van der Waals surface area contributed by atoms with Crippen molar-refractivity contribution in [3.8, 4) is 5.75 Å². The van der Waals surface area contributed by atoms with Gasteiger partial charge >= 0.3 is 5.97 Å². The SMILES string of the molecule is Cc1ccc(C(=O)NCC(=O)N/N=C/c2cc(Br)ccc2OC(=O)c2ccccc2)cc1. The van der Waals surface area contributed by atoms with Crippen LogP contribution < -0.4 is 15.5 Å². The van der Waals surface area contributed by atoms with E-state index in [0.717, 1.165) is 10.0 Å². The molecular formula is C24H20BrN3O4. The number of hydrogen-bond donors (Lipinski definition) is 2. The van der Waals surface area contributed by atoms with Gasteiger partial charge in [-0.25, -0.2) is 10.2 Å². The molecule has 0 saturated heterocycles. The Morgan fingerprint density at radius 3 is 2.41 bits per heavy atom. The van der Waals surface area contributed by atoms with Gasteiger partial charge in [-0.05, 0) is 49.4 Å². The first-order chi connectivity index (χ1) is 15.4. The molecule has 0 unspecified atom stereocenters. The molecule has 0 saturated carbocycles. The summed E-state index contributed by atoms with van der Waals surface area (Å²) >= 11 is 3.36. The summed E-state index contributed by atoms with van der Waals surface area (Å²) in [6.45, 7) is 1.69. The molecular weight excluding hydrogens is 474 g/mol. The molecule has 0 bridgehead atoms. The summed E-state index contributed by atoms with van der Waals surface area (Å²) in [5, 5.41) is 6.43. The summed E-state index contributed by atoms with van der Waals surface area (Å²) in [5.74, 6) is -1.08. The van der Waals surface area contributed by atoms with Gasteiger partial charge in [-0.1, -0.05) is 51.8 Å². The molecule has 162 valence electrons. The number of rotatable bonds is 7. The first-order valence-electron chi connectivity index (χ1n) is 9.66. The van der Waals surface area contributed by atoms with Crippen molar-refractivity contribution in [2.45, 2.75) is 6.92 Å². The van der Waals surface area contributed by atoms with Crippen molar-refractivity contribution in [3.63, 3.8) is 0 Å². The Labute approximate surface area is 193 Å². The van der Waals surface area contributed by atoms with E-state index in [0.29, 0.717) is 16.7 Å². The summed E-state index contributed by atoms with van der Waals surface area (Å²) in [6.07, 6.45) is 1.36. The number of halogens is 1. The number of benzene rings is 3. The molecule has 0 heterocycles. The topological polar surface area (TPSA) is 96.9 Å². The molecule has 0 aliphatic carbocycles. The van der Waals surface area contributed by atoms with Gasteiger partial charge < -0.3 is 10.1 Å². The Morgan fingerprint density at radius 1 is 0.969 bits per heavy atom. The zero-order valence-electron chi connectivity index (χ0n) is 17.2. The summed E-state index contributed by atoms with van der Waals surface area (Å²) < 4.78 is 6.21. The number of hydrogen-bond acceptors (Lipinski definition) is 5. The number of carbonyl (C=O) groups is 3. The van der Waals surface area contributed by atoms with Gasteiger partial charge in [-0.15, -0.1) is 0 Å². The normalized spacial score (nSPS) is 10.6. The van der Waals surface area contributed by atoms with E-state index < -0.39 is 11.9 Å². The first-order valence-corrected chi connectivity index (χ1v) is 10.5. The summed E-state index contributed by atoms with van der Waals surface area (Å²) in [4.78, 5) is 36.4. The lowest BCUT2D eigenvalue weighted by molar-refractivity contribution is -0.120. The second kappa shape index (κ2) is 11.0. The molecule has 2 N–H and O–H groups in total. The number of nitrogens with one attached hydrogen (secondary N) is 2. The van der Waals surface area contributed by atoms with E-state index in [2.05, 4.69) is 31.8 Å². The van der Waals surface area contributed by atoms with Crippen molar-refractivity contribution in [1.82, 2.24) is 10.7 Å². The highest BCUT2D eigenvalue weighted by molar-refractivity contribution is 9.10. The van der Waals surface area contributed by atoms with Gasteiger partial charge in [0.2, 0.25) is 0 Å². The minimum atomic E-state index is -0.509. The largest absolute Gasteiger partial charge is 0.422 e. The van der Waals surface area contributed by atoms with Gasteiger partial charge in [0.25, 0.3) is 11.8 Å². The van der Waals surface area contributed by atoms with E-state index in [-0.39, 0.29) is 18.2 Å². The van der Waals surface area contributed by atoms with Crippen molar-refractivity contribution in [3.05, 3.63) is 99.5 Å². The quantitative estimate of drug-likeness (QED) is 0.226. The van der Waals surface area contributed by atoms with E-state index in [1.54, 1.807) is 60.7 Å². The third-order valence-corrected chi connectivity index (χ3v) is 4.79. The Morgan fingerprint density at radius 2 is 1.69 bits per heavy atom. The molecule has 0 aliphatic heterocycles. The number of amides is 2. The Kier molecular flexibility index (Phi) is 7.88. The standard InChI is InChI=1S/C24H20BrN3O4/c1-16-7-9-17(10-8-16)23(30)26-15-22(29)28-27-14-19-13-20(25)11-12-21(19)32-24(31)18-5-3-2-4-6-18/h2-14H,15H2,1H3,(H,26,30)(H,28,29)/b27-14+. The monoisotopic (exact) mass is 493 g/mol. The van der Waals surface area contributed by atoms with Crippen LogP contribution in [0, 0.1) is 6.92 Å². The predicted octanol–water partition coefficient (Wildman–Crippen LogP) is 3.86. The fourth-order valence-electron chi connectivity index (χ4n) is 2.63. The fourth-order valence-corrected chi connectivity index (χ4v) is 3.01.